The Labute approximate surface area is 93.6 Å². The molecule has 3 nitrogen and oxygen atoms in total. The summed E-state index contributed by atoms with van der Waals surface area (Å²) in [6, 6.07) is 6.08. The van der Waals surface area contributed by atoms with Crippen LogP contribution in [0.15, 0.2) is 24.3 Å². The number of ether oxygens (including phenoxy) is 1. The van der Waals surface area contributed by atoms with Crippen LogP contribution in [-0.2, 0) is 16.1 Å². The molecule has 16 heavy (non-hydrogen) atoms. The number of nitrogens with one attached hydrogen (secondary N) is 1. The van der Waals surface area contributed by atoms with Gasteiger partial charge in [0.05, 0.1) is 0 Å². The van der Waals surface area contributed by atoms with E-state index in [-0.39, 0.29) is 17.8 Å². The van der Waals surface area contributed by atoms with Crippen LogP contribution in [0.4, 0.5) is 4.39 Å². The van der Waals surface area contributed by atoms with Crippen molar-refractivity contribution in [3.63, 3.8) is 0 Å². The molecule has 1 fully saturated rings. The lowest BCUT2D eigenvalue weighted by Crippen LogP contribution is -2.33. The molecule has 1 amide bonds. The van der Waals surface area contributed by atoms with E-state index in [9.17, 15) is 9.18 Å². The highest BCUT2D eigenvalue weighted by Gasteiger charge is 2.22. The molecule has 0 radical (unpaired) electrons. The number of carbonyl (C=O) groups excluding carboxylic acids is 1. The number of amides is 1. The van der Waals surface area contributed by atoms with Gasteiger partial charge in [-0.25, -0.2) is 4.39 Å². The first-order chi connectivity index (χ1) is 7.75. The normalized spacial score (nSPS) is 19.7. The van der Waals surface area contributed by atoms with Crippen molar-refractivity contribution in [2.75, 3.05) is 6.61 Å². The van der Waals surface area contributed by atoms with Gasteiger partial charge in [0.1, 0.15) is 11.9 Å². The van der Waals surface area contributed by atoms with E-state index in [2.05, 4.69) is 5.32 Å². The van der Waals surface area contributed by atoms with E-state index in [0.29, 0.717) is 13.2 Å². The highest BCUT2D eigenvalue weighted by atomic mass is 19.1. The van der Waals surface area contributed by atoms with Crippen LogP contribution in [0.3, 0.4) is 0 Å². The quantitative estimate of drug-likeness (QED) is 0.845. The molecule has 1 aromatic rings. The summed E-state index contributed by atoms with van der Waals surface area (Å²) in [4.78, 5) is 11.6. The summed E-state index contributed by atoms with van der Waals surface area (Å²) in [6.07, 6.45) is 1.42. The number of hydrogen-bond donors (Lipinski definition) is 1. The summed E-state index contributed by atoms with van der Waals surface area (Å²) >= 11 is 0. The maximum Gasteiger partial charge on any atom is 0.249 e. The standard InChI is InChI=1S/C12H14FNO2/c13-10-5-3-9(4-6-10)8-14-12(15)11-2-1-7-16-11/h3-6,11H,1-2,7-8H2,(H,14,15)/t11-/m0/s1. The Morgan fingerprint density at radius 1 is 1.44 bits per heavy atom. The zero-order valence-electron chi connectivity index (χ0n) is 8.91. The second-order valence-corrected chi connectivity index (χ2v) is 3.85. The van der Waals surface area contributed by atoms with Crippen LogP contribution in [0.25, 0.3) is 0 Å². The Hall–Kier alpha value is -1.42. The van der Waals surface area contributed by atoms with Crippen LogP contribution in [0.2, 0.25) is 0 Å². The van der Waals surface area contributed by atoms with Gasteiger partial charge in [-0.2, -0.15) is 0 Å². The fourth-order valence-electron chi connectivity index (χ4n) is 1.69. The van der Waals surface area contributed by atoms with Crippen LogP contribution in [0.1, 0.15) is 18.4 Å². The Morgan fingerprint density at radius 2 is 2.19 bits per heavy atom. The second kappa shape index (κ2) is 5.07. The molecule has 0 saturated carbocycles. The van der Waals surface area contributed by atoms with E-state index >= 15 is 0 Å². The van der Waals surface area contributed by atoms with Crippen molar-refractivity contribution in [2.45, 2.75) is 25.5 Å². The molecule has 0 aliphatic carbocycles. The minimum absolute atomic E-state index is 0.0816. The molecule has 0 bridgehead atoms. The minimum Gasteiger partial charge on any atom is -0.368 e. The van der Waals surface area contributed by atoms with Gasteiger partial charge >= 0.3 is 0 Å². The third kappa shape index (κ3) is 2.79. The summed E-state index contributed by atoms with van der Waals surface area (Å²) in [7, 11) is 0. The Morgan fingerprint density at radius 3 is 2.81 bits per heavy atom. The fourth-order valence-corrected chi connectivity index (χ4v) is 1.69. The molecule has 1 heterocycles. The average molecular weight is 223 g/mol. The lowest BCUT2D eigenvalue weighted by Gasteiger charge is -2.10. The molecular formula is C12H14FNO2. The van der Waals surface area contributed by atoms with Crippen LogP contribution >= 0.6 is 0 Å². The molecule has 86 valence electrons. The molecule has 1 saturated heterocycles. The van der Waals surface area contributed by atoms with E-state index in [0.717, 1.165) is 18.4 Å². The van der Waals surface area contributed by atoms with Crippen LogP contribution < -0.4 is 5.32 Å². The van der Waals surface area contributed by atoms with Crippen LogP contribution in [0.5, 0.6) is 0 Å². The third-order valence-corrected chi connectivity index (χ3v) is 2.60. The summed E-state index contributed by atoms with van der Waals surface area (Å²) < 4.78 is 17.9. The van der Waals surface area contributed by atoms with Crippen molar-refractivity contribution < 1.29 is 13.9 Å². The topological polar surface area (TPSA) is 38.3 Å². The largest absolute Gasteiger partial charge is 0.368 e. The molecule has 0 unspecified atom stereocenters. The van der Waals surface area contributed by atoms with E-state index in [4.69, 9.17) is 4.74 Å². The molecule has 1 aromatic carbocycles. The van der Waals surface area contributed by atoms with E-state index in [1.807, 2.05) is 0 Å². The molecule has 0 spiro atoms. The van der Waals surface area contributed by atoms with Gasteiger partial charge in [0.2, 0.25) is 5.91 Å². The molecule has 1 atom stereocenters. The predicted octanol–water partition coefficient (Wildman–Crippen LogP) is 1.62. The first-order valence-corrected chi connectivity index (χ1v) is 5.39. The number of halogens is 1. The summed E-state index contributed by atoms with van der Waals surface area (Å²) in [6.45, 7) is 1.08. The monoisotopic (exact) mass is 223 g/mol. The van der Waals surface area contributed by atoms with E-state index in [1.165, 1.54) is 12.1 Å². The Bertz CT molecular complexity index is 358. The summed E-state index contributed by atoms with van der Waals surface area (Å²) in [5, 5.41) is 2.77. The fraction of sp³-hybridized carbons (Fsp3) is 0.417. The summed E-state index contributed by atoms with van der Waals surface area (Å²) in [5.74, 6) is -0.351. The van der Waals surface area contributed by atoms with Crippen molar-refractivity contribution in [2.24, 2.45) is 0 Å². The van der Waals surface area contributed by atoms with Crippen molar-refractivity contribution in [3.8, 4) is 0 Å². The van der Waals surface area contributed by atoms with Gasteiger partial charge in [-0.15, -0.1) is 0 Å². The minimum atomic E-state index is -0.305. The Kier molecular flexibility index (Phi) is 3.51. The number of hydrogen-bond acceptors (Lipinski definition) is 2. The van der Waals surface area contributed by atoms with Gasteiger partial charge in [0.15, 0.2) is 0 Å². The van der Waals surface area contributed by atoms with Crippen LogP contribution in [0, 0.1) is 5.82 Å². The Balaban J connectivity index is 1.82. The van der Waals surface area contributed by atoms with Crippen molar-refractivity contribution in [1.82, 2.24) is 5.32 Å². The molecule has 2 rings (SSSR count). The predicted molar refractivity (Wildman–Crippen MR) is 57.2 cm³/mol. The average Bonchev–Trinajstić information content (AvgIpc) is 2.81. The maximum absolute atomic E-state index is 12.6. The van der Waals surface area contributed by atoms with E-state index < -0.39 is 0 Å². The zero-order chi connectivity index (χ0) is 11.4. The maximum atomic E-state index is 12.6. The van der Waals surface area contributed by atoms with Crippen LogP contribution in [-0.4, -0.2) is 18.6 Å². The lowest BCUT2D eigenvalue weighted by molar-refractivity contribution is -0.130. The van der Waals surface area contributed by atoms with Crippen molar-refractivity contribution in [3.05, 3.63) is 35.6 Å². The molecular weight excluding hydrogens is 209 g/mol. The van der Waals surface area contributed by atoms with Gasteiger partial charge < -0.3 is 10.1 Å². The molecule has 1 N–H and O–H groups in total. The first kappa shape index (κ1) is 11.1. The highest BCUT2D eigenvalue weighted by Crippen LogP contribution is 2.12. The zero-order valence-corrected chi connectivity index (χ0v) is 8.91. The van der Waals surface area contributed by atoms with Crippen molar-refractivity contribution in [1.29, 1.82) is 0 Å². The van der Waals surface area contributed by atoms with Gasteiger partial charge in [-0.05, 0) is 30.5 Å². The SMILES string of the molecule is O=C(NCc1ccc(F)cc1)[C@@H]1CCCO1. The smallest absolute Gasteiger partial charge is 0.249 e. The third-order valence-electron chi connectivity index (χ3n) is 2.60. The molecule has 1 aliphatic rings. The second-order valence-electron chi connectivity index (χ2n) is 3.85. The number of carbonyl (C=O) groups is 1. The van der Waals surface area contributed by atoms with Gasteiger partial charge in [-0.1, -0.05) is 12.1 Å². The van der Waals surface area contributed by atoms with Gasteiger partial charge in [0, 0.05) is 13.2 Å². The molecule has 4 heteroatoms. The first-order valence-electron chi connectivity index (χ1n) is 5.39. The number of benzene rings is 1. The molecule has 1 aliphatic heterocycles. The highest BCUT2D eigenvalue weighted by molar-refractivity contribution is 5.80. The molecule has 0 aromatic heterocycles. The van der Waals surface area contributed by atoms with Crippen molar-refractivity contribution >= 4 is 5.91 Å². The summed E-state index contributed by atoms with van der Waals surface area (Å²) in [5.41, 5.74) is 0.882. The van der Waals surface area contributed by atoms with Gasteiger partial charge in [0.25, 0.3) is 0 Å². The van der Waals surface area contributed by atoms with E-state index in [1.54, 1.807) is 12.1 Å². The number of rotatable bonds is 3. The van der Waals surface area contributed by atoms with Gasteiger partial charge in [-0.3, -0.25) is 4.79 Å². The lowest BCUT2D eigenvalue weighted by atomic mass is 10.2.